The molecule has 1 aliphatic rings. The molecule has 1 aliphatic heterocycles. The first-order valence-electron chi connectivity index (χ1n) is 6.61. The van der Waals surface area contributed by atoms with Crippen molar-refractivity contribution in [3.05, 3.63) is 42.0 Å². The number of rotatable bonds is 3. The van der Waals surface area contributed by atoms with Crippen molar-refractivity contribution in [2.24, 2.45) is 0 Å². The Hall–Kier alpha value is -1.88. The van der Waals surface area contributed by atoms with Crippen LogP contribution in [0.4, 0.5) is 0 Å². The SMILES string of the molecule is CC(Cc1ccc(O)cc1)N1CCn2cnnc2C1. The molecule has 0 bridgehead atoms. The molecule has 0 saturated carbocycles. The molecule has 0 aliphatic carbocycles. The van der Waals surface area contributed by atoms with E-state index in [9.17, 15) is 5.11 Å². The van der Waals surface area contributed by atoms with E-state index < -0.39 is 0 Å². The van der Waals surface area contributed by atoms with Gasteiger partial charge in [0.1, 0.15) is 17.9 Å². The molecule has 1 aromatic heterocycles. The normalized spacial score (nSPS) is 17.1. The number of hydrogen-bond acceptors (Lipinski definition) is 4. The predicted octanol–water partition coefficient (Wildman–Crippen LogP) is 1.43. The van der Waals surface area contributed by atoms with Crippen LogP contribution in [0, 0.1) is 0 Å². The molecule has 5 nitrogen and oxygen atoms in total. The number of nitrogens with zero attached hydrogens (tertiary/aromatic N) is 4. The highest BCUT2D eigenvalue weighted by molar-refractivity contribution is 5.26. The molecule has 1 aromatic carbocycles. The molecule has 1 N–H and O–H groups in total. The van der Waals surface area contributed by atoms with Gasteiger partial charge < -0.3 is 9.67 Å². The Bertz CT molecular complexity index is 549. The van der Waals surface area contributed by atoms with Gasteiger partial charge >= 0.3 is 0 Å². The molecule has 2 heterocycles. The van der Waals surface area contributed by atoms with Gasteiger partial charge in [-0.1, -0.05) is 12.1 Å². The summed E-state index contributed by atoms with van der Waals surface area (Å²) in [5.74, 6) is 1.37. The van der Waals surface area contributed by atoms with Crippen LogP contribution in [0.2, 0.25) is 0 Å². The third-order valence-corrected chi connectivity index (χ3v) is 3.76. The number of phenolic OH excluding ortho intramolecular Hbond substituents is 1. The Morgan fingerprint density at radius 3 is 2.84 bits per heavy atom. The molecule has 0 amide bonds. The molecular weight excluding hydrogens is 240 g/mol. The highest BCUT2D eigenvalue weighted by atomic mass is 16.3. The van der Waals surface area contributed by atoms with Gasteiger partial charge in [-0.05, 0) is 31.0 Å². The largest absolute Gasteiger partial charge is 0.508 e. The standard InChI is InChI=1S/C14H18N4O/c1-11(8-12-2-4-13(19)5-3-12)17-6-7-18-10-15-16-14(18)9-17/h2-5,10-11,19H,6-9H2,1H3. The monoisotopic (exact) mass is 258 g/mol. The Labute approximate surface area is 112 Å². The molecule has 2 aromatic rings. The summed E-state index contributed by atoms with van der Waals surface area (Å²) in [6.07, 6.45) is 2.78. The number of aromatic hydroxyl groups is 1. The van der Waals surface area contributed by atoms with Crippen LogP contribution >= 0.6 is 0 Å². The van der Waals surface area contributed by atoms with E-state index in [1.165, 1.54) is 5.56 Å². The Morgan fingerprint density at radius 1 is 1.26 bits per heavy atom. The van der Waals surface area contributed by atoms with E-state index in [-0.39, 0.29) is 0 Å². The lowest BCUT2D eigenvalue weighted by Crippen LogP contribution is -2.40. The van der Waals surface area contributed by atoms with Gasteiger partial charge in [-0.15, -0.1) is 10.2 Å². The zero-order valence-corrected chi connectivity index (χ0v) is 11.0. The van der Waals surface area contributed by atoms with Crippen molar-refractivity contribution in [3.63, 3.8) is 0 Å². The third-order valence-electron chi connectivity index (χ3n) is 3.76. The van der Waals surface area contributed by atoms with E-state index >= 15 is 0 Å². The third kappa shape index (κ3) is 2.61. The van der Waals surface area contributed by atoms with Crippen molar-refractivity contribution in [1.82, 2.24) is 19.7 Å². The number of fused-ring (bicyclic) bond motifs is 1. The van der Waals surface area contributed by atoms with E-state index in [4.69, 9.17) is 0 Å². The fourth-order valence-electron chi connectivity index (χ4n) is 2.56. The maximum absolute atomic E-state index is 9.30. The first-order valence-corrected chi connectivity index (χ1v) is 6.61. The summed E-state index contributed by atoms with van der Waals surface area (Å²) in [7, 11) is 0. The lowest BCUT2D eigenvalue weighted by atomic mass is 10.1. The summed E-state index contributed by atoms with van der Waals surface area (Å²) in [4.78, 5) is 2.43. The summed E-state index contributed by atoms with van der Waals surface area (Å²) in [5, 5.41) is 17.4. The predicted molar refractivity (Wildman–Crippen MR) is 71.7 cm³/mol. The van der Waals surface area contributed by atoms with Gasteiger partial charge in [0.15, 0.2) is 0 Å². The van der Waals surface area contributed by atoms with Gasteiger partial charge in [-0.3, -0.25) is 4.90 Å². The second-order valence-corrected chi connectivity index (χ2v) is 5.13. The molecule has 0 spiro atoms. The molecule has 19 heavy (non-hydrogen) atoms. The summed E-state index contributed by atoms with van der Waals surface area (Å²) < 4.78 is 2.11. The van der Waals surface area contributed by atoms with Crippen molar-refractivity contribution in [1.29, 1.82) is 0 Å². The van der Waals surface area contributed by atoms with Gasteiger partial charge in [-0.25, -0.2) is 0 Å². The number of phenols is 1. The zero-order valence-electron chi connectivity index (χ0n) is 11.0. The van der Waals surface area contributed by atoms with Crippen molar-refractivity contribution in [3.8, 4) is 5.75 Å². The zero-order chi connectivity index (χ0) is 13.2. The molecule has 0 saturated heterocycles. The van der Waals surface area contributed by atoms with Crippen LogP contribution in [0.15, 0.2) is 30.6 Å². The fourth-order valence-corrected chi connectivity index (χ4v) is 2.56. The number of hydrogen-bond donors (Lipinski definition) is 1. The molecule has 3 rings (SSSR count). The van der Waals surface area contributed by atoms with Gasteiger partial charge in [-0.2, -0.15) is 0 Å². The van der Waals surface area contributed by atoms with E-state index in [0.717, 1.165) is 31.9 Å². The minimum absolute atomic E-state index is 0.322. The van der Waals surface area contributed by atoms with Gasteiger partial charge in [0.2, 0.25) is 0 Å². The maximum Gasteiger partial charge on any atom is 0.147 e. The molecule has 1 unspecified atom stereocenters. The summed E-state index contributed by atoms with van der Waals surface area (Å²) in [5.41, 5.74) is 1.25. The number of aromatic nitrogens is 3. The van der Waals surface area contributed by atoms with Crippen LogP contribution in [0.25, 0.3) is 0 Å². The van der Waals surface area contributed by atoms with Gasteiger partial charge in [0, 0.05) is 19.1 Å². The van der Waals surface area contributed by atoms with Crippen molar-refractivity contribution in [2.75, 3.05) is 6.54 Å². The first kappa shape index (κ1) is 12.2. The molecular formula is C14H18N4O. The Balaban J connectivity index is 1.65. The topological polar surface area (TPSA) is 54.2 Å². The second kappa shape index (κ2) is 5.01. The van der Waals surface area contributed by atoms with Crippen LogP contribution in [-0.2, 0) is 19.5 Å². The Morgan fingerprint density at radius 2 is 2.05 bits per heavy atom. The van der Waals surface area contributed by atoms with Crippen molar-refractivity contribution < 1.29 is 5.11 Å². The highest BCUT2D eigenvalue weighted by Crippen LogP contribution is 2.17. The second-order valence-electron chi connectivity index (χ2n) is 5.13. The maximum atomic E-state index is 9.30. The Kier molecular flexibility index (Phi) is 3.21. The fraction of sp³-hybridized carbons (Fsp3) is 0.429. The van der Waals surface area contributed by atoms with E-state index in [1.807, 2.05) is 12.1 Å². The molecule has 5 heteroatoms. The smallest absolute Gasteiger partial charge is 0.147 e. The van der Waals surface area contributed by atoms with Crippen LogP contribution < -0.4 is 0 Å². The molecule has 1 atom stereocenters. The van der Waals surface area contributed by atoms with Crippen molar-refractivity contribution >= 4 is 0 Å². The minimum Gasteiger partial charge on any atom is -0.508 e. The molecule has 0 fully saturated rings. The lowest BCUT2D eigenvalue weighted by molar-refractivity contribution is 0.162. The van der Waals surface area contributed by atoms with Gasteiger partial charge in [0.25, 0.3) is 0 Å². The van der Waals surface area contributed by atoms with Crippen molar-refractivity contribution in [2.45, 2.75) is 32.5 Å². The summed E-state index contributed by atoms with van der Waals surface area (Å²) >= 11 is 0. The minimum atomic E-state index is 0.322. The first-order chi connectivity index (χ1) is 9.22. The summed E-state index contributed by atoms with van der Waals surface area (Å²) in [6, 6.07) is 7.91. The average Bonchev–Trinajstić information content (AvgIpc) is 2.88. The van der Waals surface area contributed by atoms with Crippen LogP contribution in [0.5, 0.6) is 5.75 Å². The molecule has 100 valence electrons. The van der Waals surface area contributed by atoms with Gasteiger partial charge in [0.05, 0.1) is 6.54 Å². The lowest BCUT2D eigenvalue weighted by Gasteiger charge is -2.32. The van der Waals surface area contributed by atoms with E-state index in [0.29, 0.717) is 11.8 Å². The van der Waals surface area contributed by atoms with Crippen LogP contribution in [0.3, 0.4) is 0 Å². The summed E-state index contributed by atoms with van der Waals surface area (Å²) in [6.45, 7) is 5.09. The highest BCUT2D eigenvalue weighted by Gasteiger charge is 2.21. The quantitative estimate of drug-likeness (QED) is 0.905. The number of benzene rings is 1. The molecule has 0 radical (unpaired) electrons. The van der Waals surface area contributed by atoms with E-state index in [2.05, 4.69) is 26.6 Å². The average molecular weight is 258 g/mol. The van der Waals surface area contributed by atoms with Crippen LogP contribution in [0.1, 0.15) is 18.3 Å². The van der Waals surface area contributed by atoms with E-state index in [1.54, 1.807) is 18.5 Å². The van der Waals surface area contributed by atoms with Crippen LogP contribution in [-0.4, -0.2) is 37.4 Å².